The van der Waals surface area contributed by atoms with Crippen LogP contribution >= 0.6 is 11.6 Å². The van der Waals surface area contributed by atoms with E-state index in [9.17, 15) is 0 Å². The molecule has 0 spiro atoms. The lowest BCUT2D eigenvalue weighted by Gasteiger charge is -2.31. The van der Waals surface area contributed by atoms with Gasteiger partial charge in [-0.2, -0.15) is 0 Å². The van der Waals surface area contributed by atoms with Gasteiger partial charge in [0, 0.05) is 18.5 Å². The van der Waals surface area contributed by atoms with E-state index in [-0.39, 0.29) is 0 Å². The molecule has 0 bridgehead atoms. The summed E-state index contributed by atoms with van der Waals surface area (Å²) in [6, 6.07) is 0.756. The molecule has 1 saturated heterocycles. The largest absolute Gasteiger partial charge is 0.314 e. The highest BCUT2D eigenvalue weighted by Gasteiger charge is 2.17. The Morgan fingerprint density at radius 3 is 2.62 bits per heavy atom. The van der Waals surface area contributed by atoms with Gasteiger partial charge in [-0.05, 0) is 38.9 Å². The summed E-state index contributed by atoms with van der Waals surface area (Å²) in [5.74, 6) is 0.771. The molecule has 0 saturated carbocycles. The van der Waals surface area contributed by atoms with E-state index in [1.165, 1.54) is 38.9 Å². The Bertz CT molecular complexity index is 122. The van der Waals surface area contributed by atoms with Crippen LogP contribution in [0.2, 0.25) is 0 Å². The van der Waals surface area contributed by atoms with E-state index < -0.39 is 0 Å². The lowest BCUT2D eigenvalue weighted by molar-refractivity contribution is 0.208. The van der Waals surface area contributed by atoms with Crippen LogP contribution in [0.4, 0.5) is 0 Å². The van der Waals surface area contributed by atoms with Crippen molar-refractivity contribution in [1.29, 1.82) is 0 Å². The molecule has 78 valence electrons. The van der Waals surface area contributed by atoms with Gasteiger partial charge in [0.25, 0.3) is 0 Å². The zero-order valence-electron chi connectivity index (χ0n) is 8.56. The summed E-state index contributed by atoms with van der Waals surface area (Å²) >= 11 is 5.70. The molecule has 1 aliphatic heterocycles. The number of piperidine rings is 1. The van der Waals surface area contributed by atoms with Gasteiger partial charge in [-0.3, -0.25) is 0 Å². The van der Waals surface area contributed by atoms with E-state index in [0.717, 1.165) is 18.5 Å². The van der Waals surface area contributed by atoms with Crippen molar-refractivity contribution in [3.05, 3.63) is 0 Å². The molecule has 1 fully saturated rings. The van der Waals surface area contributed by atoms with Gasteiger partial charge in [-0.25, -0.2) is 0 Å². The molecule has 1 heterocycles. The van der Waals surface area contributed by atoms with Crippen LogP contribution in [-0.2, 0) is 0 Å². The van der Waals surface area contributed by atoms with Crippen LogP contribution < -0.4 is 5.32 Å². The first-order chi connectivity index (χ1) is 6.36. The van der Waals surface area contributed by atoms with Gasteiger partial charge in [0.2, 0.25) is 0 Å². The quantitative estimate of drug-likeness (QED) is 0.686. The van der Waals surface area contributed by atoms with Crippen LogP contribution in [0.15, 0.2) is 0 Å². The number of likely N-dealkylation sites (tertiary alicyclic amines) is 1. The molecule has 0 aromatic rings. The topological polar surface area (TPSA) is 15.3 Å². The summed E-state index contributed by atoms with van der Waals surface area (Å²) in [6.45, 7) is 6.88. The fourth-order valence-electron chi connectivity index (χ4n) is 1.83. The third-order valence-electron chi connectivity index (χ3n) is 2.67. The van der Waals surface area contributed by atoms with Crippen molar-refractivity contribution < 1.29 is 0 Å². The fourth-order valence-corrected chi connectivity index (χ4v) is 2.07. The first kappa shape index (κ1) is 11.3. The number of halogens is 1. The van der Waals surface area contributed by atoms with Gasteiger partial charge in [-0.15, -0.1) is 11.6 Å². The van der Waals surface area contributed by atoms with Gasteiger partial charge in [0.1, 0.15) is 0 Å². The second-order valence-electron chi connectivity index (χ2n) is 3.76. The summed E-state index contributed by atoms with van der Waals surface area (Å²) in [4.78, 5) is 2.46. The Morgan fingerprint density at radius 1 is 1.38 bits per heavy atom. The highest BCUT2D eigenvalue weighted by molar-refractivity contribution is 6.18. The lowest BCUT2D eigenvalue weighted by Crippen LogP contribution is -2.43. The molecule has 0 atom stereocenters. The average molecular weight is 205 g/mol. The predicted octanol–water partition coefficient (Wildman–Crippen LogP) is 1.69. The molecular formula is C10H21ClN2. The van der Waals surface area contributed by atoms with Gasteiger partial charge in [0.15, 0.2) is 0 Å². The molecule has 0 radical (unpaired) electrons. The molecule has 0 unspecified atom stereocenters. The standard InChI is InChI=1S/C10H21ClN2/c1-2-6-12-10-3-7-13(8-4-10)9-5-11/h10,12H,2-9H2,1H3. The van der Waals surface area contributed by atoms with Crippen LogP contribution in [-0.4, -0.2) is 43.0 Å². The van der Waals surface area contributed by atoms with E-state index in [0.29, 0.717) is 0 Å². The highest BCUT2D eigenvalue weighted by Crippen LogP contribution is 2.09. The third kappa shape index (κ3) is 4.30. The zero-order chi connectivity index (χ0) is 9.52. The Balaban J connectivity index is 2.08. The fraction of sp³-hybridized carbons (Fsp3) is 1.00. The van der Waals surface area contributed by atoms with Crippen molar-refractivity contribution in [1.82, 2.24) is 10.2 Å². The second-order valence-corrected chi connectivity index (χ2v) is 4.14. The molecule has 0 aromatic carbocycles. The highest BCUT2D eigenvalue weighted by atomic mass is 35.5. The van der Waals surface area contributed by atoms with Gasteiger partial charge < -0.3 is 10.2 Å². The summed E-state index contributed by atoms with van der Waals surface area (Å²) in [5, 5.41) is 3.57. The smallest absolute Gasteiger partial charge is 0.0351 e. The van der Waals surface area contributed by atoms with E-state index in [2.05, 4.69) is 17.1 Å². The molecule has 0 aromatic heterocycles. The monoisotopic (exact) mass is 204 g/mol. The maximum Gasteiger partial charge on any atom is 0.0351 e. The number of hydrogen-bond donors (Lipinski definition) is 1. The maximum absolute atomic E-state index is 5.70. The van der Waals surface area contributed by atoms with Crippen molar-refractivity contribution in [3.8, 4) is 0 Å². The molecular weight excluding hydrogens is 184 g/mol. The van der Waals surface area contributed by atoms with E-state index in [1.54, 1.807) is 0 Å². The number of nitrogens with zero attached hydrogens (tertiary/aromatic N) is 1. The number of nitrogens with one attached hydrogen (secondary N) is 1. The van der Waals surface area contributed by atoms with Crippen LogP contribution in [0.5, 0.6) is 0 Å². The Kier molecular flexibility index (Phi) is 5.76. The summed E-state index contributed by atoms with van der Waals surface area (Å²) in [7, 11) is 0. The SMILES string of the molecule is CCCNC1CCN(CCCl)CC1. The van der Waals surface area contributed by atoms with Crippen molar-refractivity contribution >= 4 is 11.6 Å². The minimum Gasteiger partial charge on any atom is -0.314 e. The van der Waals surface area contributed by atoms with Crippen LogP contribution in [0.3, 0.4) is 0 Å². The van der Waals surface area contributed by atoms with Gasteiger partial charge in [-0.1, -0.05) is 6.92 Å². The lowest BCUT2D eigenvalue weighted by atomic mass is 10.1. The Morgan fingerprint density at radius 2 is 2.08 bits per heavy atom. The molecule has 0 aliphatic carbocycles. The van der Waals surface area contributed by atoms with E-state index in [4.69, 9.17) is 11.6 Å². The van der Waals surface area contributed by atoms with Crippen LogP contribution in [0, 0.1) is 0 Å². The molecule has 1 rings (SSSR count). The first-order valence-corrected chi connectivity index (χ1v) is 5.92. The van der Waals surface area contributed by atoms with Gasteiger partial charge >= 0.3 is 0 Å². The summed E-state index contributed by atoms with van der Waals surface area (Å²) in [5.41, 5.74) is 0. The minimum absolute atomic E-state index is 0.756. The average Bonchev–Trinajstić information content (AvgIpc) is 2.17. The Labute approximate surface area is 86.6 Å². The normalized spacial score (nSPS) is 20.8. The minimum atomic E-state index is 0.756. The summed E-state index contributed by atoms with van der Waals surface area (Å²) < 4.78 is 0. The zero-order valence-corrected chi connectivity index (χ0v) is 9.32. The Hall–Kier alpha value is 0.210. The molecule has 0 amide bonds. The van der Waals surface area contributed by atoms with Crippen molar-refractivity contribution in [3.63, 3.8) is 0 Å². The third-order valence-corrected chi connectivity index (χ3v) is 2.84. The van der Waals surface area contributed by atoms with Crippen molar-refractivity contribution in [2.75, 3.05) is 32.1 Å². The number of hydrogen-bond acceptors (Lipinski definition) is 2. The predicted molar refractivity (Wildman–Crippen MR) is 58.5 cm³/mol. The second kappa shape index (κ2) is 6.63. The molecule has 2 nitrogen and oxygen atoms in total. The molecule has 1 N–H and O–H groups in total. The van der Waals surface area contributed by atoms with Crippen molar-refractivity contribution in [2.24, 2.45) is 0 Å². The first-order valence-electron chi connectivity index (χ1n) is 5.38. The molecule has 13 heavy (non-hydrogen) atoms. The van der Waals surface area contributed by atoms with Crippen LogP contribution in [0.1, 0.15) is 26.2 Å². The molecule has 3 heteroatoms. The van der Waals surface area contributed by atoms with Crippen LogP contribution in [0.25, 0.3) is 0 Å². The number of rotatable bonds is 5. The van der Waals surface area contributed by atoms with E-state index >= 15 is 0 Å². The van der Waals surface area contributed by atoms with Gasteiger partial charge in [0.05, 0.1) is 0 Å². The molecule has 1 aliphatic rings. The summed E-state index contributed by atoms with van der Waals surface area (Å²) in [6.07, 6.45) is 3.82. The number of alkyl halides is 1. The maximum atomic E-state index is 5.70. The van der Waals surface area contributed by atoms with E-state index in [1.807, 2.05) is 0 Å². The van der Waals surface area contributed by atoms with Crippen molar-refractivity contribution in [2.45, 2.75) is 32.2 Å².